The van der Waals surface area contributed by atoms with Gasteiger partial charge in [-0.15, -0.1) is 0 Å². The van der Waals surface area contributed by atoms with Crippen molar-refractivity contribution >= 4 is 5.82 Å². The molecule has 0 saturated heterocycles. The summed E-state index contributed by atoms with van der Waals surface area (Å²) in [4.78, 5) is 0. The third-order valence-electron chi connectivity index (χ3n) is 3.11. The molecule has 84 valence electrons. The van der Waals surface area contributed by atoms with Gasteiger partial charge in [-0.3, -0.25) is 4.68 Å². The van der Waals surface area contributed by atoms with Crippen molar-refractivity contribution in [2.24, 2.45) is 7.05 Å². The molecule has 1 aromatic heterocycles. The van der Waals surface area contributed by atoms with Crippen LogP contribution in [0.1, 0.15) is 36.9 Å². The highest BCUT2D eigenvalue weighted by atomic mass is 16.5. The van der Waals surface area contributed by atoms with Gasteiger partial charge in [0, 0.05) is 25.6 Å². The lowest BCUT2D eigenvalue weighted by Gasteiger charge is -2.00. The molecule has 2 atom stereocenters. The van der Waals surface area contributed by atoms with Crippen molar-refractivity contribution < 1.29 is 4.74 Å². The Labute approximate surface area is 90.4 Å². The van der Waals surface area contributed by atoms with Crippen molar-refractivity contribution in [3.63, 3.8) is 0 Å². The molecule has 1 aliphatic carbocycles. The van der Waals surface area contributed by atoms with E-state index in [2.05, 4.69) is 12.0 Å². The maximum Gasteiger partial charge on any atom is 0.124 e. The van der Waals surface area contributed by atoms with Crippen LogP contribution in [0.15, 0.2) is 0 Å². The molecule has 0 amide bonds. The lowest BCUT2D eigenvalue weighted by Crippen LogP contribution is -1.99. The summed E-state index contributed by atoms with van der Waals surface area (Å²) >= 11 is 0. The summed E-state index contributed by atoms with van der Waals surface area (Å²) in [6, 6.07) is 0. The standard InChI is InChI=1S/C11H19N3O/c1-4-5-7-10(8-6-9(8)15-3)13-14(2)11(7)12/h8-9H,4-6,12H2,1-3H3. The van der Waals surface area contributed by atoms with E-state index >= 15 is 0 Å². The summed E-state index contributed by atoms with van der Waals surface area (Å²) in [6.45, 7) is 2.16. The second kappa shape index (κ2) is 3.85. The van der Waals surface area contributed by atoms with Gasteiger partial charge in [0.15, 0.2) is 0 Å². The number of hydrogen-bond acceptors (Lipinski definition) is 3. The first-order valence-corrected chi connectivity index (χ1v) is 5.53. The van der Waals surface area contributed by atoms with Gasteiger partial charge in [-0.1, -0.05) is 13.3 Å². The van der Waals surface area contributed by atoms with Gasteiger partial charge in [0.1, 0.15) is 5.82 Å². The molecule has 1 fully saturated rings. The number of nitrogens with zero attached hydrogens (tertiary/aromatic N) is 2. The smallest absolute Gasteiger partial charge is 0.124 e. The second-order valence-electron chi connectivity index (χ2n) is 4.24. The molecule has 1 saturated carbocycles. The summed E-state index contributed by atoms with van der Waals surface area (Å²) in [5.41, 5.74) is 8.38. The Kier molecular flexibility index (Phi) is 2.69. The normalized spacial score (nSPS) is 24.5. The van der Waals surface area contributed by atoms with Crippen LogP contribution < -0.4 is 5.73 Å². The van der Waals surface area contributed by atoms with Crippen LogP contribution >= 0.6 is 0 Å². The van der Waals surface area contributed by atoms with Gasteiger partial charge in [0.2, 0.25) is 0 Å². The monoisotopic (exact) mass is 209 g/mol. The van der Waals surface area contributed by atoms with E-state index in [9.17, 15) is 0 Å². The first-order chi connectivity index (χ1) is 7.19. The van der Waals surface area contributed by atoms with Crippen LogP contribution in [0.4, 0.5) is 5.82 Å². The Morgan fingerprint density at radius 2 is 2.33 bits per heavy atom. The minimum Gasteiger partial charge on any atom is -0.384 e. The molecule has 0 bridgehead atoms. The van der Waals surface area contributed by atoms with E-state index in [0.29, 0.717) is 12.0 Å². The largest absolute Gasteiger partial charge is 0.384 e. The number of hydrogen-bond donors (Lipinski definition) is 1. The highest BCUT2D eigenvalue weighted by molar-refractivity contribution is 5.46. The van der Waals surface area contributed by atoms with Crippen molar-refractivity contribution in [2.75, 3.05) is 12.8 Å². The number of aromatic nitrogens is 2. The maximum absolute atomic E-state index is 6.00. The van der Waals surface area contributed by atoms with Crippen molar-refractivity contribution in [3.05, 3.63) is 11.3 Å². The molecule has 0 aliphatic heterocycles. The minimum atomic E-state index is 0.356. The van der Waals surface area contributed by atoms with Crippen molar-refractivity contribution in [1.29, 1.82) is 0 Å². The van der Waals surface area contributed by atoms with Gasteiger partial charge in [-0.2, -0.15) is 5.10 Å². The summed E-state index contributed by atoms with van der Waals surface area (Å²) in [7, 11) is 3.67. The molecule has 0 spiro atoms. The Morgan fingerprint density at radius 3 is 2.87 bits per heavy atom. The average molecular weight is 209 g/mol. The number of methoxy groups -OCH3 is 1. The molecule has 4 heteroatoms. The van der Waals surface area contributed by atoms with Gasteiger partial charge >= 0.3 is 0 Å². The lowest BCUT2D eigenvalue weighted by molar-refractivity contribution is 0.177. The first kappa shape index (κ1) is 10.5. The zero-order valence-electron chi connectivity index (χ0n) is 9.66. The third kappa shape index (κ3) is 1.74. The van der Waals surface area contributed by atoms with Gasteiger partial charge in [-0.25, -0.2) is 0 Å². The topological polar surface area (TPSA) is 53.1 Å². The number of aryl methyl sites for hydroxylation is 1. The van der Waals surface area contributed by atoms with Gasteiger partial charge < -0.3 is 10.5 Å². The van der Waals surface area contributed by atoms with E-state index in [1.54, 1.807) is 11.8 Å². The maximum atomic E-state index is 6.00. The SMILES string of the molecule is CCCc1c(C2CC2OC)nn(C)c1N. The van der Waals surface area contributed by atoms with E-state index in [1.165, 1.54) is 5.56 Å². The van der Waals surface area contributed by atoms with Crippen molar-refractivity contribution in [2.45, 2.75) is 38.2 Å². The Balaban J connectivity index is 2.26. The van der Waals surface area contributed by atoms with Gasteiger partial charge in [0.25, 0.3) is 0 Å². The second-order valence-corrected chi connectivity index (χ2v) is 4.24. The molecule has 0 radical (unpaired) electrons. The first-order valence-electron chi connectivity index (χ1n) is 5.53. The van der Waals surface area contributed by atoms with E-state index in [-0.39, 0.29) is 0 Å². The Bertz CT molecular complexity index is 359. The van der Waals surface area contributed by atoms with E-state index in [0.717, 1.165) is 30.8 Å². The van der Waals surface area contributed by atoms with Crippen LogP contribution in [0.5, 0.6) is 0 Å². The molecule has 1 aromatic rings. The van der Waals surface area contributed by atoms with Crippen LogP contribution in [-0.2, 0) is 18.2 Å². The van der Waals surface area contributed by atoms with Gasteiger partial charge in [-0.05, 0) is 12.8 Å². The number of nitrogens with two attached hydrogens (primary N) is 1. The molecule has 1 heterocycles. The van der Waals surface area contributed by atoms with E-state index in [1.807, 2.05) is 7.05 Å². The number of anilines is 1. The van der Waals surface area contributed by atoms with Crippen molar-refractivity contribution in [1.82, 2.24) is 9.78 Å². The quantitative estimate of drug-likeness (QED) is 0.816. The van der Waals surface area contributed by atoms with Crippen LogP contribution in [-0.4, -0.2) is 23.0 Å². The van der Waals surface area contributed by atoms with E-state index < -0.39 is 0 Å². The summed E-state index contributed by atoms with van der Waals surface area (Å²) in [5, 5.41) is 4.50. The molecular weight excluding hydrogens is 190 g/mol. The zero-order chi connectivity index (χ0) is 11.0. The van der Waals surface area contributed by atoms with Crippen LogP contribution in [0.25, 0.3) is 0 Å². The Morgan fingerprint density at radius 1 is 1.60 bits per heavy atom. The van der Waals surface area contributed by atoms with Crippen LogP contribution in [0, 0.1) is 0 Å². The number of nitrogen functional groups attached to an aromatic ring is 1. The van der Waals surface area contributed by atoms with E-state index in [4.69, 9.17) is 10.5 Å². The van der Waals surface area contributed by atoms with Gasteiger partial charge in [0.05, 0.1) is 11.8 Å². The highest BCUT2D eigenvalue weighted by Gasteiger charge is 2.42. The fourth-order valence-corrected chi connectivity index (χ4v) is 2.13. The molecule has 4 nitrogen and oxygen atoms in total. The number of rotatable bonds is 4. The summed E-state index contributed by atoms with van der Waals surface area (Å²) in [6.07, 6.45) is 3.56. The highest BCUT2D eigenvalue weighted by Crippen LogP contribution is 2.44. The zero-order valence-corrected chi connectivity index (χ0v) is 9.66. The molecule has 2 rings (SSSR count). The third-order valence-corrected chi connectivity index (χ3v) is 3.11. The minimum absolute atomic E-state index is 0.356. The van der Waals surface area contributed by atoms with Crippen molar-refractivity contribution in [3.8, 4) is 0 Å². The predicted molar refractivity (Wildman–Crippen MR) is 59.8 cm³/mol. The molecule has 15 heavy (non-hydrogen) atoms. The number of ether oxygens (including phenoxy) is 1. The summed E-state index contributed by atoms with van der Waals surface area (Å²) < 4.78 is 7.10. The van der Waals surface area contributed by atoms with Crippen LogP contribution in [0.3, 0.4) is 0 Å². The molecule has 2 unspecified atom stereocenters. The summed E-state index contributed by atoms with van der Waals surface area (Å²) in [5.74, 6) is 1.29. The average Bonchev–Trinajstić information content (AvgIpc) is 2.95. The van der Waals surface area contributed by atoms with Crippen LogP contribution in [0.2, 0.25) is 0 Å². The fourth-order valence-electron chi connectivity index (χ4n) is 2.13. The molecule has 0 aromatic carbocycles. The molecule has 1 aliphatic rings. The predicted octanol–water partition coefficient (Wildman–Crippen LogP) is 1.46. The lowest BCUT2D eigenvalue weighted by atomic mass is 10.1. The molecule has 2 N–H and O–H groups in total. The fraction of sp³-hybridized carbons (Fsp3) is 0.727. The Hall–Kier alpha value is -1.03. The molecular formula is C11H19N3O.